The lowest BCUT2D eigenvalue weighted by Crippen LogP contribution is -2.68. The van der Waals surface area contributed by atoms with Crippen molar-refractivity contribution in [2.75, 3.05) is 31.2 Å². The molecular weight excluding hydrogens is 502 g/mol. The van der Waals surface area contributed by atoms with Crippen LogP contribution in [-0.2, 0) is 11.3 Å². The maximum absolute atomic E-state index is 9.73. The summed E-state index contributed by atoms with van der Waals surface area (Å²) >= 11 is 0. The van der Waals surface area contributed by atoms with Gasteiger partial charge in [-0.2, -0.15) is 10.4 Å². The van der Waals surface area contributed by atoms with E-state index in [2.05, 4.69) is 55.2 Å². The molecule has 5 aromatic heterocycles. The quantitative estimate of drug-likeness (QED) is 0.366. The van der Waals surface area contributed by atoms with Gasteiger partial charge in [-0.1, -0.05) is 6.08 Å². The minimum Gasteiger partial charge on any atom is -0.377 e. The minimum atomic E-state index is 0.484. The van der Waals surface area contributed by atoms with Crippen molar-refractivity contribution in [2.45, 2.75) is 31.5 Å². The van der Waals surface area contributed by atoms with Crippen LogP contribution in [0, 0.1) is 11.3 Å². The molecule has 2 atom stereocenters. The van der Waals surface area contributed by atoms with Crippen LogP contribution in [0.4, 0.5) is 5.95 Å². The van der Waals surface area contributed by atoms with Crippen LogP contribution in [0.25, 0.3) is 33.3 Å². The molecule has 9 heterocycles. The molecule has 1 N–H and O–H groups in total. The summed E-state index contributed by atoms with van der Waals surface area (Å²) < 4.78 is 7.30. The number of hydrogen-bond donors (Lipinski definition) is 1. The summed E-state index contributed by atoms with van der Waals surface area (Å²) in [6, 6.07) is 9.68. The van der Waals surface area contributed by atoms with Gasteiger partial charge in [-0.15, -0.1) is 0 Å². The van der Waals surface area contributed by atoms with Crippen molar-refractivity contribution in [1.29, 1.82) is 5.26 Å². The van der Waals surface area contributed by atoms with E-state index >= 15 is 0 Å². The number of rotatable bonds is 5. The smallest absolute Gasteiger partial charge is 0.225 e. The van der Waals surface area contributed by atoms with Crippen LogP contribution in [-0.4, -0.2) is 72.8 Å². The van der Waals surface area contributed by atoms with E-state index in [0.29, 0.717) is 30.9 Å². The first-order valence-electron chi connectivity index (χ1n) is 13.7. The predicted octanol–water partition coefficient (Wildman–Crippen LogP) is 3.81. The number of aromatic amines is 1. The maximum atomic E-state index is 9.73. The lowest BCUT2D eigenvalue weighted by Gasteiger charge is -2.56. The van der Waals surface area contributed by atoms with Crippen molar-refractivity contribution >= 4 is 28.1 Å². The maximum Gasteiger partial charge on any atom is 0.225 e. The molecule has 0 amide bonds. The highest BCUT2D eigenvalue weighted by Crippen LogP contribution is 2.36. The van der Waals surface area contributed by atoms with Crippen molar-refractivity contribution < 1.29 is 4.74 Å². The minimum absolute atomic E-state index is 0.484. The SMILES string of the molecule is N#Cc1cnn2cc(C3=CCOCC3)cc(-c3cnc(N4CC5CC(C4)N5Cc4cnc5[nH]ccc5c4)nc3)c12. The van der Waals surface area contributed by atoms with Gasteiger partial charge in [0, 0.05) is 79.2 Å². The third-order valence-corrected chi connectivity index (χ3v) is 8.46. The molecule has 40 heavy (non-hydrogen) atoms. The van der Waals surface area contributed by atoms with Gasteiger partial charge < -0.3 is 14.6 Å². The van der Waals surface area contributed by atoms with Gasteiger partial charge in [0.05, 0.1) is 30.5 Å². The van der Waals surface area contributed by atoms with Crippen LogP contribution in [0.15, 0.2) is 61.5 Å². The number of aromatic nitrogens is 6. The number of fused-ring (bicyclic) bond motifs is 4. The van der Waals surface area contributed by atoms with Gasteiger partial charge in [0.1, 0.15) is 11.7 Å². The topological polar surface area (TPSA) is 111 Å². The van der Waals surface area contributed by atoms with Crippen molar-refractivity contribution in [3.63, 3.8) is 0 Å². The Bertz CT molecular complexity index is 1800. The van der Waals surface area contributed by atoms with Gasteiger partial charge in [-0.3, -0.25) is 4.90 Å². The Balaban J connectivity index is 1.03. The summed E-state index contributed by atoms with van der Waals surface area (Å²) in [4.78, 5) is 22.2. The first kappa shape index (κ1) is 23.3. The Morgan fingerprint density at radius 3 is 2.73 bits per heavy atom. The number of nitrogens with zero attached hydrogens (tertiary/aromatic N) is 8. The standard InChI is InChI=1S/C30H27N9O/c31-10-23-14-36-39-16-22(20-2-5-40-6-3-20)8-27(28(23)39)24-12-34-30(35-13-24)37-17-25-9-26(18-37)38(25)15-19-7-21-1-4-32-29(21)33-11-19/h1-2,4,7-8,11-14,16,25-26H,3,5-6,9,15,17-18H2,(H,32,33). The van der Waals surface area contributed by atoms with Crippen LogP contribution in [0.5, 0.6) is 0 Å². The summed E-state index contributed by atoms with van der Waals surface area (Å²) in [7, 11) is 0. The van der Waals surface area contributed by atoms with Crippen LogP contribution in [0.1, 0.15) is 29.5 Å². The van der Waals surface area contributed by atoms with Gasteiger partial charge in [-0.05, 0) is 47.7 Å². The van der Waals surface area contributed by atoms with E-state index in [9.17, 15) is 5.26 Å². The lowest BCUT2D eigenvalue weighted by molar-refractivity contribution is -0.00899. The van der Waals surface area contributed by atoms with E-state index in [1.807, 2.05) is 31.0 Å². The second-order valence-corrected chi connectivity index (χ2v) is 10.8. The molecule has 10 heteroatoms. The normalized spacial score (nSPS) is 20.9. The van der Waals surface area contributed by atoms with Crippen molar-refractivity contribution in [1.82, 2.24) is 34.4 Å². The average Bonchev–Trinajstić information content (AvgIpc) is 3.66. The second-order valence-electron chi connectivity index (χ2n) is 10.8. The van der Waals surface area contributed by atoms with Crippen molar-refractivity contribution in [3.8, 4) is 17.2 Å². The zero-order valence-electron chi connectivity index (χ0n) is 21.9. The van der Waals surface area contributed by atoms with Crippen LogP contribution >= 0.6 is 0 Å². The van der Waals surface area contributed by atoms with E-state index in [1.165, 1.54) is 17.6 Å². The number of ether oxygens (including phenoxy) is 1. The Labute approximate surface area is 230 Å². The van der Waals surface area contributed by atoms with Crippen LogP contribution in [0.2, 0.25) is 0 Å². The monoisotopic (exact) mass is 529 g/mol. The van der Waals surface area contributed by atoms with E-state index in [-0.39, 0.29) is 0 Å². The summed E-state index contributed by atoms with van der Waals surface area (Å²) in [5, 5.41) is 15.3. The molecule has 3 fully saturated rings. The number of nitrogens with one attached hydrogen (secondary N) is 1. The molecule has 4 aliphatic heterocycles. The number of anilines is 1. The molecule has 5 aromatic rings. The molecule has 9 rings (SSSR count). The first-order chi connectivity index (χ1) is 19.7. The summed E-state index contributed by atoms with van der Waals surface area (Å²) in [5.74, 6) is 0.752. The van der Waals surface area contributed by atoms with Gasteiger partial charge in [-0.25, -0.2) is 19.5 Å². The Hall–Kier alpha value is -4.59. The first-order valence-corrected chi connectivity index (χ1v) is 13.7. The molecule has 0 aromatic carbocycles. The van der Waals surface area contributed by atoms with Gasteiger partial charge in [0.2, 0.25) is 5.95 Å². The zero-order chi connectivity index (χ0) is 26.6. The van der Waals surface area contributed by atoms with E-state index in [1.54, 1.807) is 10.7 Å². The van der Waals surface area contributed by atoms with E-state index in [4.69, 9.17) is 14.7 Å². The lowest BCUT2D eigenvalue weighted by atomic mass is 9.87. The summed E-state index contributed by atoms with van der Waals surface area (Å²) in [6.45, 7) is 4.05. The summed E-state index contributed by atoms with van der Waals surface area (Å²) in [5.41, 5.74) is 7.57. The zero-order valence-corrected chi connectivity index (χ0v) is 21.9. The van der Waals surface area contributed by atoms with Gasteiger partial charge in [0.25, 0.3) is 0 Å². The molecule has 4 aliphatic rings. The molecule has 10 nitrogen and oxygen atoms in total. The number of nitriles is 1. The molecule has 0 radical (unpaired) electrons. The molecule has 3 saturated heterocycles. The molecule has 198 valence electrons. The number of H-pyrrole nitrogens is 1. The molecule has 2 bridgehead atoms. The largest absolute Gasteiger partial charge is 0.377 e. The highest BCUT2D eigenvalue weighted by Gasteiger charge is 2.45. The fourth-order valence-corrected chi connectivity index (χ4v) is 6.40. The summed E-state index contributed by atoms with van der Waals surface area (Å²) in [6.07, 6.45) is 15.4. The van der Waals surface area contributed by atoms with Crippen molar-refractivity contribution in [3.05, 3.63) is 78.1 Å². The average molecular weight is 530 g/mol. The highest BCUT2D eigenvalue weighted by atomic mass is 16.5. The van der Waals surface area contributed by atoms with E-state index < -0.39 is 0 Å². The van der Waals surface area contributed by atoms with Gasteiger partial charge >= 0.3 is 0 Å². The molecular formula is C30H27N9O. The molecule has 0 saturated carbocycles. The van der Waals surface area contributed by atoms with Crippen LogP contribution < -0.4 is 4.90 Å². The van der Waals surface area contributed by atoms with E-state index in [0.717, 1.165) is 65.2 Å². The highest BCUT2D eigenvalue weighted by molar-refractivity contribution is 5.86. The Morgan fingerprint density at radius 1 is 1.05 bits per heavy atom. The number of piperazine rings is 1. The molecule has 2 unspecified atom stereocenters. The number of hydrogen-bond acceptors (Lipinski definition) is 8. The predicted molar refractivity (Wildman–Crippen MR) is 150 cm³/mol. The third-order valence-electron chi connectivity index (χ3n) is 8.46. The molecule has 0 spiro atoms. The Morgan fingerprint density at radius 2 is 1.93 bits per heavy atom. The fraction of sp³-hybridized carbons (Fsp3) is 0.300. The second kappa shape index (κ2) is 9.26. The molecule has 0 aliphatic carbocycles. The van der Waals surface area contributed by atoms with Crippen molar-refractivity contribution in [2.24, 2.45) is 0 Å². The fourth-order valence-electron chi connectivity index (χ4n) is 6.40. The third kappa shape index (κ3) is 3.86. The van der Waals surface area contributed by atoms with Gasteiger partial charge in [0.15, 0.2) is 0 Å². The Kier molecular flexibility index (Phi) is 5.40. The number of pyridine rings is 2. The number of piperidine rings is 1. The van der Waals surface area contributed by atoms with Crippen LogP contribution in [0.3, 0.4) is 0 Å².